The minimum absolute atomic E-state index is 0.0327. The minimum Gasteiger partial charge on any atom is -0.507 e. The van der Waals surface area contributed by atoms with E-state index in [0.29, 0.717) is 41.3 Å². The Morgan fingerprint density at radius 1 is 1.00 bits per heavy atom. The lowest BCUT2D eigenvalue weighted by molar-refractivity contribution is -0.139. The predicted molar refractivity (Wildman–Crippen MR) is 125 cm³/mol. The summed E-state index contributed by atoms with van der Waals surface area (Å²) in [5.41, 5.74) is 1.07. The molecule has 0 aromatic heterocycles. The molecule has 1 aliphatic rings. The largest absolute Gasteiger partial charge is 0.507 e. The van der Waals surface area contributed by atoms with Gasteiger partial charge in [0, 0.05) is 12.1 Å². The summed E-state index contributed by atoms with van der Waals surface area (Å²) >= 11 is 0. The maximum Gasteiger partial charge on any atom is 0.295 e. The van der Waals surface area contributed by atoms with Crippen molar-refractivity contribution >= 4 is 17.4 Å². The van der Waals surface area contributed by atoms with Crippen LogP contribution in [0.15, 0.2) is 48.0 Å². The fourth-order valence-electron chi connectivity index (χ4n) is 4.03. The number of carbonyl (C=O) groups is 2. The lowest BCUT2D eigenvalue weighted by Gasteiger charge is -2.27. The monoisotopic (exact) mass is 454 g/mol. The van der Waals surface area contributed by atoms with E-state index in [-0.39, 0.29) is 11.3 Å². The normalized spacial score (nSPS) is 17.5. The van der Waals surface area contributed by atoms with Crippen LogP contribution in [0.1, 0.15) is 23.6 Å². The van der Waals surface area contributed by atoms with E-state index in [1.54, 1.807) is 36.4 Å². The van der Waals surface area contributed by atoms with Crippen molar-refractivity contribution in [2.45, 2.75) is 12.5 Å². The molecule has 0 bridgehead atoms. The summed E-state index contributed by atoms with van der Waals surface area (Å²) in [6.45, 7) is 1.08. The number of nitrogens with zero attached hydrogens (tertiary/aromatic N) is 2. The summed E-state index contributed by atoms with van der Waals surface area (Å²) in [5, 5.41) is 11.1. The van der Waals surface area contributed by atoms with Crippen molar-refractivity contribution in [3.05, 3.63) is 59.2 Å². The Kier molecular flexibility index (Phi) is 7.60. The molecule has 8 heteroatoms. The van der Waals surface area contributed by atoms with Gasteiger partial charge >= 0.3 is 0 Å². The van der Waals surface area contributed by atoms with E-state index in [1.807, 2.05) is 25.1 Å². The van der Waals surface area contributed by atoms with Gasteiger partial charge in [0.05, 0.1) is 32.9 Å². The van der Waals surface area contributed by atoms with Crippen molar-refractivity contribution in [2.75, 3.05) is 48.5 Å². The van der Waals surface area contributed by atoms with Gasteiger partial charge in [0.2, 0.25) is 5.75 Å². The molecule has 1 atom stereocenters. The van der Waals surface area contributed by atoms with E-state index in [9.17, 15) is 14.7 Å². The van der Waals surface area contributed by atoms with Gasteiger partial charge in [0.25, 0.3) is 11.7 Å². The second-order valence-electron chi connectivity index (χ2n) is 7.97. The number of carbonyl (C=O) groups excluding carboxylic acids is 2. The van der Waals surface area contributed by atoms with Crippen LogP contribution in [0.2, 0.25) is 0 Å². The van der Waals surface area contributed by atoms with Crippen molar-refractivity contribution in [2.24, 2.45) is 0 Å². The highest BCUT2D eigenvalue weighted by atomic mass is 16.5. The Morgan fingerprint density at radius 3 is 2.12 bits per heavy atom. The highest BCUT2D eigenvalue weighted by Crippen LogP contribution is 2.45. The van der Waals surface area contributed by atoms with Crippen LogP contribution in [0.3, 0.4) is 0 Å². The first-order valence-electron chi connectivity index (χ1n) is 10.6. The molecule has 1 aliphatic heterocycles. The number of methoxy groups -OCH3 is 3. The first-order chi connectivity index (χ1) is 15.8. The quantitative estimate of drug-likeness (QED) is 0.354. The minimum atomic E-state index is -0.805. The molecule has 176 valence electrons. The zero-order valence-electron chi connectivity index (χ0n) is 19.6. The van der Waals surface area contributed by atoms with E-state index in [1.165, 1.54) is 26.2 Å². The molecule has 1 saturated heterocycles. The Balaban J connectivity index is 2.20. The molecule has 1 amide bonds. The molecule has 8 nitrogen and oxygen atoms in total. The summed E-state index contributed by atoms with van der Waals surface area (Å²) < 4.78 is 16.4. The first kappa shape index (κ1) is 24.1. The highest BCUT2D eigenvalue weighted by molar-refractivity contribution is 6.46. The third-order valence-electron chi connectivity index (χ3n) is 5.59. The highest BCUT2D eigenvalue weighted by Gasteiger charge is 2.46. The average Bonchev–Trinajstić information content (AvgIpc) is 3.07. The lowest BCUT2D eigenvalue weighted by Crippen LogP contribution is -2.32. The van der Waals surface area contributed by atoms with Crippen LogP contribution < -0.4 is 14.2 Å². The van der Waals surface area contributed by atoms with E-state index >= 15 is 0 Å². The number of aliphatic hydroxyl groups is 1. The van der Waals surface area contributed by atoms with Gasteiger partial charge in [-0.15, -0.1) is 0 Å². The van der Waals surface area contributed by atoms with Crippen molar-refractivity contribution in [1.82, 2.24) is 9.80 Å². The molecular weight excluding hydrogens is 424 g/mol. The number of Topliss-reactive ketones (excluding diaryl/α,β-unsaturated/α-hetero) is 1. The van der Waals surface area contributed by atoms with Crippen molar-refractivity contribution in [3.63, 3.8) is 0 Å². The van der Waals surface area contributed by atoms with Gasteiger partial charge in [0.1, 0.15) is 5.76 Å². The number of amides is 1. The van der Waals surface area contributed by atoms with Gasteiger partial charge in [-0.2, -0.15) is 0 Å². The maximum absolute atomic E-state index is 13.1. The molecule has 3 rings (SSSR count). The van der Waals surface area contributed by atoms with Gasteiger partial charge in [-0.1, -0.05) is 30.3 Å². The summed E-state index contributed by atoms with van der Waals surface area (Å²) in [6.07, 6.45) is 0.659. The number of benzene rings is 2. The van der Waals surface area contributed by atoms with E-state index in [2.05, 4.69) is 0 Å². The van der Waals surface area contributed by atoms with Crippen molar-refractivity contribution in [1.29, 1.82) is 0 Å². The van der Waals surface area contributed by atoms with Crippen LogP contribution in [-0.4, -0.2) is 75.1 Å². The predicted octanol–water partition coefficient (Wildman–Crippen LogP) is 3.09. The fourth-order valence-corrected chi connectivity index (χ4v) is 4.03. The Hall–Kier alpha value is -3.52. The first-order valence-corrected chi connectivity index (χ1v) is 10.6. The third-order valence-corrected chi connectivity index (χ3v) is 5.59. The number of hydrogen-bond acceptors (Lipinski definition) is 7. The van der Waals surface area contributed by atoms with Crippen LogP contribution in [0, 0.1) is 0 Å². The van der Waals surface area contributed by atoms with Crippen LogP contribution in [0.25, 0.3) is 5.76 Å². The maximum atomic E-state index is 13.1. The second-order valence-corrected chi connectivity index (χ2v) is 7.97. The summed E-state index contributed by atoms with van der Waals surface area (Å²) in [6, 6.07) is 11.3. The summed E-state index contributed by atoms with van der Waals surface area (Å²) in [7, 11) is 8.39. The van der Waals surface area contributed by atoms with E-state index < -0.39 is 17.7 Å². The standard InChI is InChI=1S/C25H30N2O6/c1-26(2)12-9-13-27-21(17-14-18(31-3)24(33-5)19(15-17)32-4)20(23(29)25(27)30)22(28)16-10-7-6-8-11-16/h6-8,10-11,14-15,21,28H,9,12-13H2,1-5H3/b22-20+/t21-/m1/s1. The Bertz CT molecular complexity index is 1020. The molecule has 1 N–H and O–H groups in total. The Labute approximate surface area is 194 Å². The molecular formula is C25H30N2O6. The SMILES string of the molecule is COc1cc([C@@H]2/C(=C(\O)c3ccccc3)C(=O)C(=O)N2CCCN(C)C)cc(OC)c1OC. The van der Waals surface area contributed by atoms with Crippen LogP contribution in [-0.2, 0) is 9.59 Å². The molecule has 33 heavy (non-hydrogen) atoms. The van der Waals surface area contributed by atoms with Gasteiger partial charge in [-0.3, -0.25) is 9.59 Å². The van der Waals surface area contributed by atoms with Crippen LogP contribution >= 0.6 is 0 Å². The average molecular weight is 455 g/mol. The van der Waals surface area contributed by atoms with E-state index in [4.69, 9.17) is 14.2 Å². The zero-order valence-corrected chi connectivity index (χ0v) is 19.6. The van der Waals surface area contributed by atoms with Crippen LogP contribution in [0.4, 0.5) is 0 Å². The molecule has 0 spiro atoms. The number of ether oxygens (including phenoxy) is 3. The lowest BCUT2D eigenvalue weighted by atomic mass is 9.94. The van der Waals surface area contributed by atoms with Crippen molar-refractivity contribution < 1.29 is 28.9 Å². The number of rotatable bonds is 9. The van der Waals surface area contributed by atoms with Gasteiger partial charge in [0.15, 0.2) is 11.5 Å². The van der Waals surface area contributed by atoms with Crippen molar-refractivity contribution in [3.8, 4) is 17.2 Å². The zero-order chi connectivity index (χ0) is 24.1. The van der Waals surface area contributed by atoms with Gasteiger partial charge < -0.3 is 29.1 Å². The van der Waals surface area contributed by atoms with E-state index in [0.717, 1.165) is 6.54 Å². The number of likely N-dealkylation sites (tertiary alicyclic amines) is 1. The molecule has 0 radical (unpaired) electrons. The summed E-state index contributed by atoms with van der Waals surface area (Å²) in [4.78, 5) is 29.7. The number of aliphatic hydroxyl groups excluding tert-OH is 1. The molecule has 2 aromatic rings. The smallest absolute Gasteiger partial charge is 0.295 e. The Morgan fingerprint density at radius 2 is 1.61 bits per heavy atom. The summed E-state index contributed by atoms with van der Waals surface area (Å²) in [5.74, 6) is -0.403. The third kappa shape index (κ3) is 4.80. The fraction of sp³-hybridized carbons (Fsp3) is 0.360. The molecule has 1 fully saturated rings. The number of hydrogen-bond donors (Lipinski definition) is 1. The molecule has 0 saturated carbocycles. The van der Waals surface area contributed by atoms with Crippen LogP contribution in [0.5, 0.6) is 17.2 Å². The molecule has 0 aliphatic carbocycles. The second kappa shape index (κ2) is 10.4. The molecule has 2 aromatic carbocycles. The molecule has 0 unspecified atom stereocenters. The topological polar surface area (TPSA) is 88.5 Å². The van der Waals surface area contributed by atoms with Gasteiger partial charge in [-0.25, -0.2) is 0 Å². The van der Waals surface area contributed by atoms with Gasteiger partial charge in [-0.05, 0) is 44.8 Å². The number of ketones is 1. The molecule has 1 heterocycles.